The summed E-state index contributed by atoms with van der Waals surface area (Å²) in [7, 11) is 6.10. The summed E-state index contributed by atoms with van der Waals surface area (Å²) < 4.78 is 1.59. The van der Waals surface area contributed by atoms with E-state index >= 15 is 0 Å². The molecule has 0 aliphatic carbocycles. The van der Waals surface area contributed by atoms with Gasteiger partial charge in [0.05, 0.1) is 12.2 Å². The van der Waals surface area contributed by atoms with Gasteiger partial charge in [-0.05, 0) is 43.2 Å². The van der Waals surface area contributed by atoms with Crippen molar-refractivity contribution < 1.29 is 0 Å². The van der Waals surface area contributed by atoms with Gasteiger partial charge in [-0.3, -0.25) is 9.20 Å². The SMILES string of the molecule is Cc1ccc(N(C)Cc2cc(=O)n3cccc(C)c3n2)cc1N(C)C. The van der Waals surface area contributed by atoms with E-state index in [9.17, 15) is 4.79 Å². The first-order valence-corrected chi connectivity index (χ1v) is 8.34. The van der Waals surface area contributed by atoms with Crippen LogP contribution in [0.2, 0.25) is 0 Å². The van der Waals surface area contributed by atoms with E-state index in [0.717, 1.165) is 22.6 Å². The summed E-state index contributed by atoms with van der Waals surface area (Å²) in [5.74, 6) is 0. The largest absolute Gasteiger partial charge is 0.377 e. The minimum Gasteiger partial charge on any atom is -0.377 e. The number of pyridine rings is 1. The molecule has 0 unspecified atom stereocenters. The highest BCUT2D eigenvalue weighted by molar-refractivity contribution is 5.62. The molecule has 0 aliphatic rings. The number of nitrogens with zero attached hydrogens (tertiary/aromatic N) is 4. The lowest BCUT2D eigenvalue weighted by Crippen LogP contribution is -2.22. The molecule has 0 atom stereocenters. The fraction of sp³-hybridized carbons (Fsp3) is 0.300. The molecule has 5 nitrogen and oxygen atoms in total. The summed E-state index contributed by atoms with van der Waals surface area (Å²) in [4.78, 5) is 21.3. The minimum atomic E-state index is -0.0463. The zero-order valence-electron chi connectivity index (χ0n) is 15.4. The van der Waals surface area contributed by atoms with Crippen molar-refractivity contribution in [1.82, 2.24) is 9.38 Å². The maximum atomic E-state index is 12.4. The second kappa shape index (κ2) is 6.59. The standard InChI is InChI=1S/C20H24N4O/c1-14-8-9-17(12-18(14)22(3)4)23(5)13-16-11-19(25)24-10-6-7-15(2)20(24)21-16/h6-12H,13H2,1-5H3. The predicted octanol–water partition coefficient (Wildman–Crippen LogP) is 3.01. The van der Waals surface area contributed by atoms with Crippen molar-refractivity contribution >= 4 is 17.0 Å². The quantitative estimate of drug-likeness (QED) is 0.734. The summed E-state index contributed by atoms with van der Waals surface area (Å²) in [6, 6.07) is 11.8. The van der Waals surface area contributed by atoms with Gasteiger partial charge in [-0.15, -0.1) is 0 Å². The number of hydrogen-bond donors (Lipinski definition) is 0. The maximum absolute atomic E-state index is 12.4. The molecule has 0 saturated heterocycles. The molecule has 0 amide bonds. The monoisotopic (exact) mass is 336 g/mol. The van der Waals surface area contributed by atoms with Crippen LogP contribution in [0.25, 0.3) is 5.65 Å². The van der Waals surface area contributed by atoms with Gasteiger partial charge in [0.2, 0.25) is 0 Å². The molecule has 0 fully saturated rings. The summed E-state index contributed by atoms with van der Waals surface area (Å²) in [6.07, 6.45) is 1.76. The van der Waals surface area contributed by atoms with E-state index < -0.39 is 0 Å². The highest BCUT2D eigenvalue weighted by Gasteiger charge is 2.10. The van der Waals surface area contributed by atoms with Gasteiger partial charge in [0, 0.05) is 44.8 Å². The van der Waals surface area contributed by atoms with Gasteiger partial charge < -0.3 is 9.80 Å². The molecule has 5 heteroatoms. The fourth-order valence-electron chi connectivity index (χ4n) is 3.04. The van der Waals surface area contributed by atoms with Gasteiger partial charge in [-0.2, -0.15) is 0 Å². The number of fused-ring (bicyclic) bond motifs is 1. The Morgan fingerprint density at radius 3 is 2.52 bits per heavy atom. The molecule has 3 rings (SSSR count). The lowest BCUT2D eigenvalue weighted by Gasteiger charge is -2.23. The lowest BCUT2D eigenvalue weighted by atomic mass is 10.1. The average molecular weight is 336 g/mol. The zero-order chi connectivity index (χ0) is 18.1. The van der Waals surface area contributed by atoms with Gasteiger partial charge in [-0.25, -0.2) is 4.98 Å². The third-order valence-electron chi connectivity index (χ3n) is 4.45. The van der Waals surface area contributed by atoms with Gasteiger partial charge in [0.1, 0.15) is 5.65 Å². The van der Waals surface area contributed by atoms with Crippen molar-refractivity contribution in [2.24, 2.45) is 0 Å². The van der Waals surface area contributed by atoms with Gasteiger partial charge >= 0.3 is 0 Å². The van der Waals surface area contributed by atoms with Crippen LogP contribution >= 0.6 is 0 Å². The van der Waals surface area contributed by atoms with E-state index in [4.69, 9.17) is 0 Å². The van der Waals surface area contributed by atoms with Crippen LogP contribution < -0.4 is 15.4 Å². The van der Waals surface area contributed by atoms with Crippen LogP contribution in [0.4, 0.5) is 11.4 Å². The van der Waals surface area contributed by atoms with Crippen LogP contribution in [0.3, 0.4) is 0 Å². The summed E-state index contributed by atoms with van der Waals surface area (Å²) >= 11 is 0. The summed E-state index contributed by atoms with van der Waals surface area (Å²) in [5.41, 5.74) is 5.96. The number of hydrogen-bond acceptors (Lipinski definition) is 4. The molecule has 2 heterocycles. The van der Waals surface area contributed by atoms with Crippen LogP contribution in [0.5, 0.6) is 0 Å². The van der Waals surface area contributed by atoms with E-state index in [1.54, 1.807) is 16.7 Å². The number of benzene rings is 1. The first-order valence-electron chi connectivity index (χ1n) is 8.34. The third-order valence-corrected chi connectivity index (χ3v) is 4.45. The summed E-state index contributed by atoms with van der Waals surface area (Å²) in [5, 5.41) is 0. The molecule has 0 N–H and O–H groups in total. The molecular weight excluding hydrogens is 312 g/mol. The van der Waals surface area contributed by atoms with Crippen molar-refractivity contribution in [2.75, 3.05) is 30.9 Å². The van der Waals surface area contributed by atoms with Crippen LogP contribution in [0, 0.1) is 13.8 Å². The fourth-order valence-corrected chi connectivity index (χ4v) is 3.04. The Morgan fingerprint density at radius 1 is 1.04 bits per heavy atom. The second-order valence-electron chi connectivity index (χ2n) is 6.69. The number of anilines is 2. The van der Waals surface area contributed by atoms with Crippen molar-refractivity contribution in [3.63, 3.8) is 0 Å². The third kappa shape index (κ3) is 3.36. The van der Waals surface area contributed by atoms with Gasteiger partial charge in [0.15, 0.2) is 0 Å². The predicted molar refractivity (Wildman–Crippen MR) is 104 cm³/mol. The maximum Gasteiger partial charge on any atom is 0.258 e. The molecule has 0 aliphatic heterocycles. The Balaban J connectivity index is 1.95. The molecular formula is C20H24N4O. The Kier molecular flexibility index (Phi) is 4.49. The molecule has 0 saturated carbocycles. The van der Waals surface area contributed by atoms with E-state index in [2.05, 4.69) is 39.9 Å². The molecule has 130 valence electrons. The summed E-state index contributed by atoms with van der Waals surface area (Å²) in [6.45, 7) is 4.66. The van der Waals surface area contributed by atoms with Gasteiger partial charge in [0.25, 0.3) is 5.56 Å². The molecule has 0 bridgehead atoms. The Bertz CT molecular complexity index is 975. The lowest BCUT2D eigenvalue weighted by molar-refractivity contribution is 0.867. The van der Waals surface area contributed by atoms with Crippen molar-refractivity contribution in [2.45, 2.75) is 20.4 Å². The van der Waals surface area contributed by atoms with E-state index in [0.29, 0.717) is 6.54 Å². The molecule has 0 spiro atoms. The number of rotatable bonds is 4. The highest BCUT2D eigenvalue weighted by atomic mass is 16.1. The van der Waals surface area contributed by atoms with Crippen LogP contribution in [0.1, 0.15) is 16.8 Å². The normalized spacial score (nSPS) is 10.9. The zero-order valence-corrected chi connectivity index (χ0v) is 15.4. The average Bonchev–Trinajstić information content (AvgIpc) is 2.56. The minimum absolute atomic E-state index is 0.0463. The molecule has 3 aromatic rings. The van der Waals surface area contributed by atoms with Crippen molar-refractivity contribution in [3.8, 4) is 0 Å². The van der Waals surface area contributed by atoms with Crippen molar-refractivity contribution in [1.29, 1.82) is 0 Å². The first-order chi connectivity index (χ1) is 11.9. The van der Waals surface area contributed by atoms with E-state index in [-0.39, 0.29) is 5.56 Å². The van der Waals surface area contributed by atoms with Crippen molar-refractivity contribution in [3.05, 3.63) is 69.8 Å². The van der Waals surface area contributed by atoms with Crippen LogP contribution in [0.15, 0.2) is 47.4 Å². The Labute approximate surface area is 148 Å². The first kappa shape index (κ1) is 17.0. The van der Waals surface area contributed by atoms with E-state index in [1.165, 1.54) is 11.3 Å². The Hall–Kier alpha value is -2.82. The smallest absolute Gasteiger partial charge is 0.258 e. The molecule has 2 aromatic heterocycles. The number of aryl methyl sites for hydroxylation is 2. The second-order valence-corrected chi connectivity index (χ2v) is 6.69. The van der Waals surface area contributed by atoms with Crippen LogP contribution in [-0.4, -0.2) is 30.5 Å². The Morgan fingerprint density at radius 2 is 1.80 bits per heavy atom. The number of aromatic nitrogens is 2. The van der Waals surface area contributed by atoms with Crippen LogP contribution in [-0.2, 0) is 6.54 Å². The highest BCUT2D eigenvalue weighted by Crippen LogP contribution is 2.25. The molecule has 1 aromatic carbocycles. The topological polar surface area (TPSA) is 40.9 Å². The van der Waals surface area contributed by atoms with E-state index in [1.807, 2.05) is 40.2 Å². The molecule has 25 heavy (non-hydrogen) atoms. The van der Waals surface area contributed by atoms with Gasteiger partial charge in [-0.1, -0.05) is 12.1 Å². The molecule has 0 radical (unpaired) electrons.